The molecular weight excluding hydrogens is 261 g/mol. The smallest absolute Gasteiger partial charge is 0.128 e. The summed E-state index contributed by atoms with van der Waals surface area (Å²) in [6, 6.07) is 5.35. The lowest BCUT2D eigenvalue weighted by molar-refractivity contribution is 0.348. The number of hydrogen-bond donors (Lipinski definition) is 1. The molecule has 0 heterocycles. The van der Waals surface area contributed by atoms with Crippen molar-refractivity contribution in [2.75, 3.05) is 13.7 Å². The van der Waals surface area contributed by atoms with Gasteiger partial charge in [0.25, 0.3) is 0 Å². The Morgan fingerprint density at radius 3 is 2.76 bits per heavy atom. The highest BCUT2D eigenvalue weighted by Gasteiger charge is 2.10. The molecule has 1 rings (SSSR count). The van der Waals surface area contributed by atoms with E-state index in [4.69, 9.17) is 38.4 Å². The number of benzene rings is 1. The van der Waals surface area contributed by atoms with E-state index in [0.29, 0.717) is 16.5 Å². The second-order valence-electron chi connectivity index (χ2n) is 3.54. The maximum atomic E-state index is 5.85. The Kier molecular flexibility index (Phi) is 5.62. The molecule has 17 heavy (non-hydrogen) atoms. The van der Waals surface area contributed by atoms with Crippen LogP contribution in [0.2, 0.25) is 0 Å². The highest BCUT2D eigenvalue weighted by molar-refractivity contribution is 6.36. The fraction of sp³-hybridized carbons (Fsp3) is 0.333. The Bertz CT molecular complexity index is 405. The summed E-state index contributed by atoms with van der Waals surface area (Å²) in [6.07, 6.45) is 0. The summed E-state index contributed by atoms with van der Waals surface area (Å²) in [5, 5.41) is 0.421. The molecule has 0 aromatic heterocycles. The van der Waals surface area contributed by atoms with Crippen LogP contribution in [-0.4, -0.2) is 13.7 Å². The van der Waals surface area contributed by atoms with Crippen LogP contribution >= 0.6 is 23.2 Å². The van der Waals surface area contributed by atoms with Crippen LogP contribution in [0.15, 0.2) is 28.8 Å². The van der Waals surface area contributed by atoms with Crippen molar-refractivity contribution >= 4 is 23.2 Å². The topological polar surface area (TPSA) is 44.5 Å². The lowest BCUT2D eigenvalue weighted by atomic mass is 10.1. The Balaban J connectivity index is 2.93. The van der Waals surface area contributed by atoms with Gasteiger partial charge in [0, 0.05) is 23.2 Å². The number of halogens is 2. The predicted octanol–water partition coefficient (Wildman–Crippen LogP) is 3.41. The molecule has 1 aromatic rings. The molecule has 0 aliphatic rings. The van der Waals surface area contributed by atoms with E-state index < -0.39 is 0 Å². The third kappa shape index (κ3) is 4.11. The van der Waals surface area contributed by atoms with Gasteiger partial charge in [-0.15, -0.1) is 0 Å². The summed E-state index contributed by atoms with van der Waals surface area (Å²) in [6.45, 7) is 2.09. The minimum Gasteiger partial charge on any atom is -0.497 e. The molecule has 1 aromatic carbocycles. The van der Waals surface area contributed by atoms with Gasteiger partial charge < -0.3 is 15.2 Å². The molecule has 2 N–H and O–H groups in total. The molecule has 0 amide bonds. The van der Waals surface area contributed by atoms with Crippen molar-refractivity contribution in [2.24, 2.45) is 5.73 Å². The van der Waals surface area contributed by atoms with Gasteiger partial charge in [-0.25, -0.2) is 0 Å². The standard InChI is InChI=1S/C12H15Cl2NO2/c1-8(15)11-4-3-10(16-2)5-12(11)17-7-9(14)6-13/h3-6,8H,7,15H2,1-2H3/b9-6-/t8-/m0/s1. The quantitative estimate of drug-likeness (QED) is 0.896. The van der Waals surface area contributed by atoms with Crippen molar-refractivity contribution in [3.63, 3.8) is 0 Å². The van der Waals surface area contributed by atoms with E-state index in [-0.39, 0.29) is 12.6 Å². The molecule has 0 aliphatic heterocycles. The van der Waals surface area contributed by atoms with Gasteiger partial charge in [0.1, 0.15) is 18.1 Å². The van der Waals surface area contributed by atoms with Gasteiger partial charge >= 0.3 is 0 Å². The van der Waals surface area contributed by atoms with Gasteiger partial charge in [-0.1, -0.05) is 29.3 Å². The van der Waals surface area contributed by atoms with Gasteiger partial charge in [-0.3, -0.25) is 0 Å². The van der Waals surface area contributed by atoms with Crippen molar-refractivity contribution in [1.29, 1.82) is 0 Å². The SMILES string of the molecule is COc1ccc([C@H](C)N)c(OC/C(Cl)=C/Cl)c1. The maximum absolute atomic E-state index is 5.85. The van der Waals surface area contributed by atoms with Gasteiger partial charge in [0.05, 0.1) is 12.1 Å². The monoisotopic (exact) mass is 275 g/mol. The van der Waals surface area contributed by atoms with Crippen molar-refractivity contribution in [1.82, 2.24) is 0 Å². The van der Waals surface area contributed by atoms with Gasteiger partial charge in [0.2, 0.25) is 0 Å². The number of hydrogen-bond acceptors (Lipinski definition) is 3. The lowest BCUT2D eigenvalue weighted by Gasteiger charge is -2.14. The Morgan fingerprint density at radius 2 is 2.24 bits per heavy atom. The number of methoxy groups -OCH3 is 1. The van der Waals surface area contributed by atoms with E-state index in [9.17, 15) is 0 Å². The number of rotatable bonds is 5. The largest absolute Gasteiger partial charge is 0.497 e. The van der Waals surface area contributed by atoms with E-state index in [1.165, 1.54) is 5.54 Å². The Morgan fingerprint density at radius 1 is 1.53 bits per heavy atom. The molecule has 94 valence electrons. The molecule has 0 unspecified atom stereocenters. The van der Waals surface area contributed by atoms with Crippen LogP contribution < -0.4 is 15.2 Å². The predicted molar refractivity (Wildman–Crippen MR) is 70.9 cm³/mol. The molecular formula is C12H15Cl2NO2. The van der Waals surface area contributed by atoms with Crippen molar-refractivity contribution in [3.8, 4) is 11.5 Å². The third-order valence-corrected chi connectivity index (χ3v) is 2.79. The van der Waals surface area contributed by atoms with Crippen molar-refractivity contribution < 1.29 is 9.47 Å². The molecule has 5 heteroatoms. The molecule has 0 saturated carbocycles. The van der Waals surface area contributed by atoms with Crippen LogP contribution in [0.25, 0.3) is 0 Å². The van der Waals surface area contributed by atoms with Crippen LogP contribution in [0.1, 0.15) is 18.5 Å². The molecule has 3 nitrogen and oxygen atoms in total. The lowest BCUT2D eigenvalue weighted by Crippen LogP contribution is -2.09. The molecule has 0 saturated heterocycles. The third-order valence-electron chi connectivity index (χ3n) is 2.20. The van der Waals surface area contributed by atoms with Crippen LogP contribution in [-0.2, 0) is 0 Å². The van der Waals surface area contributed by atoms with Crippen LogP contribution in [0.3, 0.4) is 0 Å². The maximum Gasteiger partial charge on any atom is 0.128 e. The fourth-order valence-corrected chi connectivity index (χ4v) is 1.44. The van der Waals surface area contributed by atoms with Gasteiger partial charge in [-0.2, -0.15) is 0 Å². The highest BCUT2D eigenvalue weighted by atomic mass is 35.5. The second-order valence-corrected chi connectivity index (χ2v) is 4.24. The first-order valence-corrected chi connectivity index (χ1v) is 5.91. The van der Waals surface area contributed by atoms with E-state index >= 15 is 0 Å². The normalized spacial score (nSPS) is 13.4. The van der Waals surface area contributed by atoms with E-state index in [1.54, 1.807) is 13.2 Å². The molecule has 0 bridgehead atoms. The van der Waals surface area contributed by atoms with Crippen molar-refractivity contribution in [2.45, 2.75) is 13.0 Å². The number of nitrogens with two attached hydrogens (primary N) is 1. The van der Waals surface area contributed by atoms with E-state index in [0.717, 1.165) is 5.56 Å². The zero-order valence-corrected chi connectivity index (χ0v) is 11.3. The number of ether oxygens (including phenoxy) is 2. The van der Waals surface area contributed by atoms with Gasteiger partial charge in [-0.05, 0) is 13.0 Å². The summed E-state index contributed by atoms with van der Waals surface area (Å²) < 4.78 is 10.7. The Hall–Kier alpha value is -0.900. The average Bonchev–Trinajstić information content (AvgIpc) is 2.35. The summed E-state index contributed by atoms with van der Waals surface area (Å²) in [5.74, 6) is 1.35. The summed E-state index contributed by atoms with van der Waals surface area (Å²) in [5.41, 5.74) is 8.01. The van der Waals surface area contributed by atoms with E-state index in [2.05, 4.69) is 0 Å². The first-order valence-electron chi connectivity index (χ1n) is 5.09. The molecule has 0 radical (unpaired) electrons. The zero-order valence-electron chi connectivity index (χ0n) is 9.74. The highest BCUT2D eigenvalue weighted by Crippen LogP contribution is 2.29. The Labute approximate surface area is 111 Å². The first kappa shape index (κ1) is 14.2. The van der Waals surface area contributed by atoms with Gasteiger partial charge in [0.15, 0.2) is 0 Å². The summed E-state index contributed by atoms with van der Waals surface area (Å²) >= 11 is 11.2. The van der Waals surface area contributed by atoms with Crippen molar-refractivity contribution in [3.05, 3.63) is 34.3 Å². The summed E-state index contributed by atoms with van der Waals surface area (Å²) in [7, 11) is 1.59. The average molecular weight is 276 g/mol. The zero-order chi connectivity index (χ0) is 12.8. The van der Waals surface area contributed by atoms with E-state index in [1.807, 2.05) is 19.1 Å². The molecule has 0 fully saturated rings. The first-order chi connectivity index (χ1) is 8.08. The molecule has 1 atom stereocenters. The molecule has 0 aliphatic carbocycles. The second kappa shape index (κ2) is 6.74. The fourth-order valence-electron chi connectivity index (χ4n) is 1.32. The summed E-state index contributed by atoms with van der Waals surface area (Å²) in [4.78, 5) is 0. The van der Waals surface area contributed by atoms with Crippen LogP contribution in [0.5, 0.6) is 11.5 Å². The molecule has 0 spiro atoms. The van der Waals surface area contributed by atoms with Crippen LogP contribution in [0.4, 0.5) is 0 Å². The minimum absolute atomic E-state index is 0.130. The minimum atomic E-state index is -0.130. The van der Waals surface area contributed by atoms with Crippen LogP contribution in [0, 0.1) is 0 Å².